The van der Waals surface area contributed by atoms with Crippen molar-refractivity contribution in [2.75, 3.05) is 7.05 Å². The van der Waals surface area contributed by atoms with Gasteiger partial charge < -0.3 is 15.1 Å². The lowest BCUT2D eigenvalue weighted by atomic mass is 10.3. The van der Waals surface area contributed by atoms with Crippen molar-refractivity contribution in [3.63, 3.8) is 0 Å². The molecule has 4 nitrogen and oxygen atoms in total. The molecule has 4 heteroatoms. The van der Waals surface area contributed by atoms with Gasteiger partial charge >= 0.3 is 0 Å². The Kier molecular flexibility index (Phi) is 3.71. The molecule has 1 atom stereocenters. The van der Waals surface area contributed by atoms with E-state index < -0.39 is 0 Å². The van der Waals surface area contributed by atoms with Gasteiger partial charge in [-0.05, 0) is 33.0 Å². The van der Waals surface area contributed by atoms with E-state index in [2.05, 4.69) is 10.6 Å². The molecule has 2 N–H and O–H groups in total. The van der Waals surface area contributed by atoms with Crippen molar-refractivity contribution in [1.82, 2.24) is 10.6 Å². The SMILES string of the molecule is CNC(C)C(=O)NCc1ccc(C)o1. The van der Waals surface area contributed by atoms with Crippen molar-refractivity contribution in [2.24, 2.45) is 0 Å². The Morgan fingerprint density at radius 2 is 2.29 bits per heavy atom. The molecule has 78 valence electrons. The lowest BCUT2D eigenvalue weighted by Crippen LogP contribution is -2.39. The summed E-state index contributed by atoms with van der Waals surface area (Å²) in [4.78, 5) is 11.3. The lowest BCUT2D eigenvalue weighted by Gasteiger charge is -2.09. The maximum Gasteiger partial charge on any atom is 0.237 e. The summed E-state index contributed by atoms with van der Waals surface area (Å²) in [5.41, 5.74) is 0. The second-order valence-corrected chi connectivity index (χ2v) is 3.24. The number of carbonyl (C=O) groups is 1. The van der Waals surface area contributed by atoms with Crippen LogP contribution < -0.4 is 10.6 Å². The van der Waals surface area contributed by atoms with Gasteiger partial charge in [0.1, 0.15) is 11.5 Å². The molecule has 0 radical (unpaired) electrons. The molecule has 0 saturated heterocycles. The third-order valence-electron chi connectivity index (χ3n) is 2.06. The van der Waals surface area contributed by atoms with Gasteiger partial charge in [-0.1, -0.05) is 0 Å². The molecule has 0 aromatic carbocycles. The van der Waals surface area contributed by atoms with Gasteiger partial charge in [0.05, 0.1) is 12.6 Å². The molecule has 0 bridgehead atoms. The zero-order valence-corrected chi connectivity index (χ0v) is 8.76. The fourth-order valence-corrected chi connectivity index (χ4v) is 1.04. The van der Waals surface area contributed by atoms with Crippen molar-refractivity contribution < 1.29 is 9.21 Å². The van der Waals surface area contributed by atoms with Crippen LogP contribution in [0, 0.1) is 6.92 Å². The number of hydrogen-bond acceptors (Lipinski definition) is 3. The van der Waals surface area contributed by atoms with Crippen LogP contribution in [-0.2, 0) is 11.3 Å². The van der Waals surface area contributed by atoms with Gasteiger partial charge in [-0.2, -0.15) is 0 Å². The van der Waals surface area contributed by atoms with Gasteiger partial charge in [-0.3, -0.25) is 4.79 Å². The fraction of sp³-hybridized carbons (Fsp3) is 0.500. The monoisotopic (exact) mass is 196 g/mol. The van der Waals surface area contributed by atoms with Crippen LogP contribution in [0.2, 0.25) is 0 Å². The summed E-state index contributed by atoms with van der Waals surface area (Å²) in [7, 11) is 1.75. The molecule has 0 aliphatic carbocycles. The van der Waals surface area contributed by atoms with Crippen LogP contribution >= 0.6 is 0 Å². The summed E-state index contributed by atoms with van der Waals surface area (Å²) >= 11 is 0. The largest absolute Gasteiger partial charge is 0.465 e. The predicted molar refractivity (Wildman–Crippen MR) is 53.8 cm³/mol. The number of amides is 1. The van der Waals surface area contributed by atoms with Crippen molar-refractivity contribution in [3.05, 3.63) is 23.7 Å². The van der Waals surface area contributed by atoms with E-state index in [0.717, 1.165) is 11.5 Å². The zero-order chi connectivity index (χ0) is 10.6. The number of hydrogen-bond donors (Lipinski definition) is 2. The minimum absolute atomic E-state index is 0.0263. The van der Waals surface area contributed by atoms with Crippen molar-refractivity contribution >= 4 is 5.91 Å². The van der Waals surface area contributed by atoms with Crippen LogP contribution in [0.15, 0.2) is 16.5 Å². The molecule has 0 aliphatic rings. The van der Waals surface area contributed by atoms with Gasteiger partial charge in [-0.25, -0.2) is 0 Å². The van der Waals surface area contributed by atoms with E-state index in [1.807, 2.05) is 26.0 Å². The smallest absolute Gasteiger partial charge is 0.237 e. The lowest BCUT2D eigenvalue weighted by molar-refractivity contribution is -0.122. The molecule has 0 aliphatic heterocycles. The van der Waals surface area contributed by atoms with E-state index in [1.165, 1.54) is 0 Å². The van der Waals surface area contributed by atoms with Gasteiger partial charge in [0.15, 0.2) is 0 Å². The number of furan rings is 1. The highest BCUT2D eigenvalue weighted by atomic mass is 16.3. The summed E-state index contributed by atoms with van der Waals surface area (Å²) in [5, 5.41) is 5.63. The average molecular weight is 196 g/mol. The van der Waals surface area contributed by atoms with Crippen LogP contribution in [0.4, 0.5) is 0 Å². The number of rotatable bonds is 4. The molecule has 1 heterocycles. The standard InChI is InChI=1S/C10H16N2O2/c1-7-4-5-9(14-7)6-12-10(13)8(2)11-3/h4-5,8,11H,6H2,1-3H3,(H,12,13). The Hall–Kier alpha value is -1.29. The second kappa shape index (κ2) is 4.81. The molecule has 1 rings (SSSR count). The predicted octanol–water partition coefficient (Wildman–Crippen LogP) is 0.812. The van der Waals surface area contributed by atoms with E-state index in [-0.39, 0.29) is 11.9 Å². The van der Waals surface area contributed by atoms with Crippen molar-refractivity contribution in [2.45, 2.75) is 26.4 Å². The number of nitrogens with one attached hydrogen (secondary N) is 2. The minimum Gasteiger partial charge on any atom is -0.465 e. The van der Waals surface area contributed by atoms with Crippen molar-refractivity contribution in [3.8, 4) is 0 Å². The van der Waals surface area contributed by atoms with Gasteiger partial charge in [0, 0.05) is 0 Å². The summed E-state index contributed by atoms with van der Waals surface area (Å²) in [6, 6.07) is 3.56. The Labute approximate surface area is 83.7 Å². The maximum absolute atomic E-state index is 11.3. The second-order valence-electron chi connectivity index (χ2n) is 3.24. The first-order valence-electron chi connectivity index (χ1n) is 4.63. The Morgan fingerprint density at radius 3 is 2.79 bits per heavy atom. The summed E-state index contributed by atoms with van der Waals surface area (Å²) in [5.74, 6) is 1.61. The topological polar surface area (TPSA) is 54.3 Å². The van der Waals surface area contributed by atoms with E-state index >= 15 is 0 Å². The first-order chi connectivity index (χ1) is 6.63. The molecule has 14 heavy (non-hydrogen) atoms. The highest BCUT2D eigenvalue weighted by Crippen LogP contribution is 2.05. The van der Waals surface area contributed by atoms with Gasteiger partial charge in [0.2, 0.25) is 5.91 Å². The van der Waals surface area contributed by atoms with Crippen LogP contribution in [0.5, 0.6) is 0 Å². The van der Waals surface area contributed by atoms with Crippen LogP contribution in [0.1, 0.15) is 18.4 Å². The van der Waals surface area contributed by atoms with E-state index in [9.17, 15) is 4.79 Å². The Bertz CT molecular complexity index is 307. The normalized spacial score (nSPS) is 12.5. The van der Waals surface area contributed by atoms with Gasteiger partial charge in [-0.15, -0.1) is 0 Å². The molecule has 0 saturated carbocycles. The van der Waals surface area contributed by atoms with Gasteiger partial charge in [0.25, 0.3) is 0 Å². The molecule has 1 aromatic rings. The fourth-order valence-electron chi connectivity index (χ4n) is 1.04. The molecule has 1 amide bonds. The number of likely N-dealkylation sites (N-methyl/N-ethyl adjacent to an activating group) is 1. The first kappa shape index (κ1) is 10.8. The Morgan fingerprint density at radius 1 is 1.57 bits per heavy atom. The molecular weight excluding hydrogens is 180 g/mol. The third-order valence-corrected chi connectivity index (χ3v) is 2.06. The summed E-state index contributed by atoms with van der Waals surface area (Å²) in [6.45, 7) is 4.13. The van der Waals surface area contributed by atoms with Crippen LogP contribution in [0.3, 0.4) is 0 Å². The number of aryl methyl sites for hydroxylation is 1. The van der Waals surface area contributed by atoms with Crippen LogP contribution in [0.25, 0.3) is 0 Å². The summed E-state index contributed by atoms with van der Waals surface area (Å²) < 4.78 is 5.31. The molecule has 1 aromatic heterocycles. The molecule has 1 unspecified atom stereocenters. The van der Waals surface area contributed by atoms with E-state index in [4.69, 9.17) is 4.42 Å². The molecule has 0 fully saturated rings. The highest BCUT2D eigenvalue weighted by Gasteiger charge is 2.09. The highest BCUT2D eigenvalue weighted by molar-refractivity contribution is 5.81. The zero-order valence-electron chi connectivity index (χ0n) is 8.76. The first-order valence-corrected chi connectivity index (χ1v) is 4.63. The summed E-state index contributed by atoms with van der Waals surface area (Å²) in [6.07, 6.45) is 0. The maximum atomic E-state index is 11.3. The Balaban J connectivity index is 2.37. The average Bonchev–Trinajstić information content (AvgIpc) is 2.59. The van der Waals surface area contributed by atoms with E-state index in [1.54, 1.807) is 7.05 Å². The third kappa shape index (κ3) is 2.88. The molecular formula is C10H16N2O2. The van der Waals surface area contributed by atoms with Crippen molar-refractivity contribution in [1.29, 1.82) is 0 Å². The van der Waals surface area contributed by atoms with Crippen LogP contribution in [-0.4, -0.2) is 19.0 Å². The van der Waals surface area contributed by atoms with E-state index in [0.29, 0.717) is 6.54 Å². The minimum atomic E-state index is -0.175. The quantitative estimate of drug-likeness (QED) is 0.749. The number of carbonyl (C=O) groups excluding carboxylic acids is 1. The molecule has 0 spiro atoms.